The van der Waals surface area contributed by atoms with Crippen LogP contribution < -0.4 is 19.1 Å². The zero-order valence-corrected chi connectivity index (χ0v) is 19.6. The van der Waals surface area contributed by atoms with Gasteiger partial charge in [-0.1, -0.05) is 23.2 Å². The summed E-state index contributed by atoms with van der Waals surface area (Å²) in [5.41, 5.74) is 0.930. The van der Waals surface area contributed by atoms with E-state index in [1.807, 2.05) is 0 Å². The van der Waals surface area contributed by atoms with E-state index < -0.39 is 28.0 Å². The lowest BCUT2D eigenvalue weighted by Gasteiger charge is -2.29. The molecule has 0 aliphatic heterocycles. The number of ether oxygens (including phenoxy) is 2. The molecule has 2 atom stereocenters. The number of halogens is 2. The molecule has 0 unspecified atom stereocenters. The smallest absolute Gasteiger partial charge is 0.244 e. The topological polar surface area (TPSA) is 84.9 Å². The van der Waals surface area contributed by atoms with Crippen LogP contribution in [-0.2, 0) is 14.8 Å². The summed E-state index contributed by atoms with van der Waals surface area (Å²) < 4.78 is 36.5. The first-order valence-electron chi connectivity index (χ1n) is 8.96. The summed E-state index contributed by atoms with van der Waals surface area (Å²) >= 11 is 12.0. The second-order valence-electron chi connectivity index (χ2n) is 6.67. The van der Waals surface area contributed by atoms with E-state index in [0.717, 1.165) is 10.6 Å². The maximum absolute atomic E-state index is 12.9. The van der Waals surface area contributed by atoms with Crippen LogP contribution in [0.1, 0.15) is 25.5 Å². The van der Waals surface area contributed by atoms with Crippen molar-refractivity contribution in [3.8, 4) is 11.5 Å². The number of methoxy groups -OCH3 is 2. The lowest BCUT2D eigenvalue weighted by atomic mass is 10.1. The number of carbonyl (C=O) groups excluding carboxylic acids is 1. The van der Waals surface area contributed by atoms with Crippen LogP contribution in [0.3, 0.4) is 0 Å². The Labute approximate surface area is 186 Å². The van der Waals surface area contributed by atoms with Crippen molar-refractivity contribution in [3.05, 3.63) is 52.0 Å². The second kappa shape index (κ2) is 9.76. The zero-order chi connectivity index (χ0) is 22.6. The fourth-order valence-electron chi connectivity index (χ4n) is 3.02. The number of amides is 1. The number of sulfonamides is 1. The van der Waals surface area contributed by atoms with E-state index in [1.54, 1.807) is 25.1 Å². The highest BCUT2D eigenvalue weighted by atomic mass is 35.5. The normalized spacial score (nSPS) is 13.3. The number of hydrogen-bond donors (Lipinski definition) is 1. The van der Waals surface area contributed by atoms with Crippen LogP contribution in [0.15, 0.2) is 36.4 Å². The van der Waals surface area contributed by atoms with E-state index in [0.29, 0.717) is 17.1 Å². The SMILES string of the molecule is COc1ccc(OC)c([C@@H](C)NC(=O)[C@H](C)N(c2ccc(Cl)c(Cl)c2)S(C)(=O)=O)c1. The van der Waals surface area contributed by atoms with Crippen molar-refractivity contribution >= 4 is 44.8 Å². The minimum absolute atomic E-state index is 0.185. The van der Waals surface area contributed by atoms with Crippen LogP contribution >= 0.6 is 23.2 Å². The molecule has 0 bridgehead atoms. The number of rotatable bonds is 8. The molecule has 2 aromatic rings. The summed E-state index contributed by atoms with van der Waals surface area (Å²) in [6.07, 6.45) is 1.02. The summed E-state index contributed by atoms with van der Waals surface area (Å²) in [5, 5.41) is 3.30. The summed E-state index contributed by atoms with van der Waals surface area (Å²) in [6, 6.07) is 8.09. The number of carbonyl (C=O) groups is 1. The van der Waals surface area contributed by atoms with E-state index >= 15 is 0 Å². The summed E-state index contributed by atoms with van der Waals surface area (Å²) in [4.78, 5) is 12.9. The zero-order valence-electron chi connectivity index (χ0n) is 17.3. The molecule has 0 radical (unpaired) electrons. The summed E-state index contributed by atoms with van der Waals surface area (Å²) in [7, 11) is -0.724. The Bertz CT molecular complexity index is 1030. The average Bonchev–Trinajstić information content (AvgIpc) is 2.68. The van der Waals surface area contributed by atoms with E-state index in [2.05, 4.69) is 5.32 Å². The molecule has 2 aromatic carbocycles. The van der Waals surface area contributed by atoms with Crippen molar-refractivity contribution in [1.29, 1.82) is 0 Å². The maximum Gasteiger partial charge on any atom is 0.244 e. The molecule has 0 spiro atoms. The van der Waals surface area contributed by atoms with Crippen LogP contribution in [0.4, 0.5) is 5.69 Å². The van der Waals surface area contributed by atoms with Crippen molar-refractivity contribution in [2.45, 2.75) is 25.9 Å². The van der Waals surface area contributed by atoms with Crippen LogP contribution in [-0.4, -0.2) is 40.8 Å². The fraction of sp³-hybridized carbons (Fsp3) is 0.350. The van der Waals surface area contributed by atoms with E-state index in [4.69, 9.17) is 32.7 Å². The van der Waals surface area contributed by atoms with Crippen molar-refractivity contribution in [2.75, 3.05) is 24.8 Å². The molecule has 1 amide bonds. The van der Waals surface area contributed by atoms with Gasteiger partial charge >= 0.3 is 0 Å². The van der Waals surface area contributed by atoms with Gasteiger partial charge in [0.2, 0.25) is 15.9 Å². The van der Waals surface area contributed by atoms with E-state index in [1.165, 1.54) is 39.3 Å². The molecule has 0 aliphatic rings. The minimum Gasteiger partial charge on any atom is -0.497 e. The van der Waals surface area contributed by atoms with Gasteiger partial charge in [0.15, 0.2) is 0 Å². The molecule has 1 N–H and O–H groups in total. The van der Waals surface area contributed by atoms with Crippen LogP contribution in [0.5, 0.6) is 11.5 Å². The van der Waals surface area contributed by atoms with Crippen LogP contribution in [0.25, 0.3) is 0 Å². The highest BCUT2D eigenvalue weighted by Gasteiger charge is 2.30. The molecule has 0 fully saturated rings. The van der Waals surface area contributed by atoms with E-state index in [9.17, 15) is 13.2 Å². The Morgan fingerprint density at radius 3 is 2.23 bits per heavy atom. The van der Waals surface area contributed by atoms with Gasteiger partial charge in [-0.25, -0.2) is 8.42 Å². The monoisotopic (exact) mass is 474 g/mol. The Kier molecular flexibility index (Phi) is 7.85. The molecule has 0 aromatic heterocycles. The molecule has 2 rings (SSSR count). The Hall–Kier alpha value is -2.16. The van der Waals surface area contributed by atoms with Gasteiger partial charge in [-0.05, 0) is 50.2 Å². The Morgan fingerprint density at radius 2 is 1.70 bits per heavy atom. The maximum atomic E-state index is 12.9. The highest BCUT2D eigenvalue weighted by Crippen LogP contribution is 2.31. The summed E-state index contributed by atoms with van der Waals surface area (Å²) in [5.74, 6) is 0.679. The molecule has 0 saturated carbocycles. The molecule has 10 heteroatoms. The fourth-order valence-corrected chi connectivity index (χ4v) is 4.48. The third-order valence-corrected chi connectivity index (χ3v) is 6.49. The lowest BCUT2D eigenvalue weighted by Crippen LogP contribution is -2.48. The van der Waals surface area contributed by atoms with Crippen molar-refractivity contribution in [1.82, 2.24) is 5.32 Å². The molecule has 30 heavy (non-hydrogen) atoms. The number of anilines is 1. The van der Waals surface area contributed by atoms with Crippen molar-refractivity contribution in [3.63, 3.8) is 0 Å². The quantitative estimate of drug-likeness (QED) is 0.623. The third kappa shape index (κ3) is 5.50. The van der Waals surface area contributed by atoms with Crippen molar-refractivity contribution in [2.24, 2.45) is 0 Å². The van der Waals surface area contributed by atoms with Gasteiger partial charge in [0.25, 0.3) is 0 Å². The first kappa shape index (κ1) is 24.1. The average molecular weight is 475 g/mol. The Morgan fingerprint density at radius 1 is 1.03 bits per heavy atom. The van der Waals surface area contributed by atoms with Gasteiger partial charge in [0, 0.05) is 5.56 Å². The molecule has 0 heterocycles. The second-order valence-corrected chi connectivity index (χ2v) is 9.35. The number of nitrogens with one attached hydrogen (secondary N) is 1. The van der Waals surface area contributed by atoms with Gasteiger partial charge in [-0.15, -0.1) is 0 Å². The Balaban J connectivity index is 2.33. The van der Waals surface area contributed by atoms with Gasteiger partial charge in [0.05, 0.1) is 42.2 Å². The third-order valence-electron chi connectivity index (χ3n) is 4.51. The van der Waals surface area contributed by atoms with Crippen LogP contribution in [0, 0.1) is 0 Å². The van der Waals surface area contributed by atoms with Gasteiger partial charge in [-0.3, -0.25) is 9.10 Å². The summed E-state index contributed by atoms with van der Waals surface area (Å²) in [6.45, 7) is 3.26. The first-order valence-corrected chi connectivity index (χ1v) is 11.6. The number of nitrogens with zero attached hydrogens (tertiary/aromatic N) is 1. The van der Waals surface area contributed by atoms with Gasteiger partial charge in [-0.2, -0.15) is 0 Å². The standard InChI is InChI=1S/C20H24Cl2N2O5S/c1-12(16-11-15(28-3)7-9-19(16)29-4)23-20(25)13(2)24(30(5,26)27)14-6-8-17(21)18(22)10-14/h6-13H,1-5H3,(H,23,25)/t12-,13+/m1/s1. The molecule has 164 valence electrons. The first-order chi connectivity index (χ1) is 14.0. The van der Waals surface area contributed by atoms with Gasteiger partial charge < -0.3 is 14.8 Å². The predicted octanol–water partition coefficient (Wildman–Crippen LogP) is 4.04. The number of benzene rings is 2. The predicted molar refractivity (Wildman–Crippen MR) is 119 cm³/mol. The van der Waals surface area contributed by atoms with Crippen LogP contribution in [0.2, 0.25) is 10.0 Å². The van der Waals surface area contributed by atoms with Gasteiger partial charge in [0.1, 0.15) is 17.5 Å². The highest BCUT2D eigenvalue weighted by molar-refractivity contribution is 7.92. The number of hydrogen-bond acceptors (Lipinski definition) is 5. The molecule has 0 aliphatic carbocycles. The molecule has 0 saturated heterocycles. The largest absolute Gasteiger partial charge is 0.497 e. The van der Waals surface area contributed by atoms with E-state index in [-0.39, 0.29) is 15.7 Å². The molecular weight excluding hydrogens is 451 g/mol. The minimum atomic E-state index is -3.79. The molecular formula is C20H24Cl2N2O5S. The molecule has 7 nitrogen and oxygen atoms in total. The van der Waals surface area contributed by atoms with Crippen molar-refractivity contribution < 1.29 is 22.7 Å². The lowest BCUT2D eigenvalue weighted by molar-refractivity contribution is -0.122.